The SMILES string of the molecule is CC(C=CC1=C(C)CCCC1(C)C)=CC=CC=C(C)C=CC1=C(C)CCCC1(C)C. The molecular formula is C30H44. The quantitative estimate of drug-likeness (QED) is 0.386. The molecule has 0 amide bonds. The second-order valence-corrected chi connectivity index (χ2v) is 10.7. The van der Waals surface area contributed by atoms with Crippen molar-refractivity contribution in [3.8, 4) is 0 Å². The second-order valence-electron chi connectivity index (χ2n) is 10.7. The fraction of sp³-hybridized carbons (Fsp3) is 0.533. The molecule has 2 rings (SSSR count). The molecule has 2 aliphatic carbocycles. The molecule has 0 heteroatoms. The van der Waals surface area contributed by atoms with E-state index in [9.17, 15) is 0 Å². The Kier molecular flexibility index (Phi) is 8.53. The van der Waals surface area contributed by atoms with Gasteiger partial charge in [-0.25, -0.2) is 0 Å². The standard InChI is InChI=1S/C30H44/c1-23(17-19-27-25(3)15-11-21-29(27,5)6)13-9-10-14-24(2)18-20-28-26(4)16-12-22-30(28,7)8/h9-10,13-14,17-20H,11-12,15-16,21-22H2,1-8H3. The van der Waals surface area contributed by atoms with Crippen LogP contribution >= 0.6 is 0 Å². The first-order valence-corrected chi connectivity index (χ1v) is 11.8. The van der Waals surface area contributed by atoms with Gasteiger partial charge in [0.1, 0.15) is 0 Å². The maximum Gasteiger partial charge on any atom is -0.0104 e. The van der Waals surface area contributed by atoms with Crippen LogP contribution in [0.15, 0.2) is 82.0 Å². The van der Waals surface area contributed by atoms with Crippen molar-refractivity contribution >= 4 is 0 Å². The molecular weight excluding hydrogens is 360 g/mol. The van der Waals surface area contributed by atoms with Crippen LogP contribution in [0, 0.1) is 10.8 Å². The molecule has 0 unspecified atom stereocenters. The van der Waals surface area contributed by atoms with Gasteiger partial charge in [-0.05, 0) is 88.2 Å². The van der Waals surface area contributed by atoms with Crippen LogP contribution in [0.1, 0.15) is 93.9 Å². The van der Waals surface area contributed by atoms with E-state index in [1.165, 1.54) is 60.8 Å². The molecule has 2 aliphatic rings. The van der Waals surface area contributed by atoms with Gasteiger partial charge >= 0.3 is 0 Å². The van der Waals surface area contributed by atoms with Crippen molar-refractivity contribution in [2.45, 2.75) is 93.9 Å². The molecule has 0 spiro atoms. The lowest BCUT2D eigenvalue weighted by atomic mass is 9.72. The largest absolute Gasteiger partial charge is 0.0696 e. The highest BCUT2D eigenvalue weighted by molar-refractivity contribution is 5.38. The van der Waals surface area contributed by atoms with Crippen LogP contribution in [0.2, 0.25) is 0 Å². The third-order valence-electron chi connectivity index (χ3n) is 6.94. The Morgan fingerprint density at radius 2 is 1.03 bits per heavy atom. The van der Waals surface area contributed by atoms with Crippen LogP contribution in [0.25, 0.3) is 0 Å². The molecule has 30 heavy (non-hydrogen) atoms. The Hall–Kier alpha value is -1.82. The monoisotopic (exact) mass is 404 g/mol. The maximum atomic E-state index is 2.38. The zero-order chi connectivity index (χ0) is 22.4. The van der Waals surface area contributed by atoms with Gasteiger partial charge in [-0.3, -0.25) is 0 Å². The van der Waals surface area contributed by atoms with Gasteiger partial charge < -0.3 is 0 Å². The van der Waals surface area contributed by atoms with E-state index in [1.807, 2.05) is 0 Å². The van der Waals surface area contributed by atoms with E-state index in [2.05, 4.69) is 104 Å². The first kappa shape index (κ1) is 24.4. The van der Waals surface area contributed by atoms with Gasteiger partial charge in [0.2, 0.25) is 0 Å². The number of hydrogen-bond donors (Lipinski definition) is 0. The van der Waals surface area contributed by atoms with Gasteiger partial charge in [-0.1, -0.05) is 98.6 Å². The molecule has 0 aromatic carbocycles. The zero-order valence-electron chi connectivity index (χ0n) is 20.9. The highest BCUT2D eigenvalue weighted by Gasteiger charge is 2.27. The molecule has 0 atom stereocenters. The highest BCUT2D eigenvalue weighted by atomic mass is 14.3. The smallest absolute Gasteiger partial charge is 0.0104 e. The van der Waals surface area contributed by atoms with Crippen LogP contribution in [0.5, 0.6) is 0 Å². The summed E-state index contributed by atoms with van der Waals surface area (Å²) in [4.78, 5) is 0. The summed E-state index contributed by atoms with van der Waals surface area (Å²) in [6.45, 7) is 18.5. The Bertz CT molecular complexity index is 755. The van der Waals surface area contributed by atoms with Gasteiger partial charge in [0.25, 0.3) is 0 Å². The number of allylic oxidation sites excluding steroid dienone is 14. The molecule has 0 radical (unpaired) electrons. The minimum Gasteiger partial charge on any atom is -0.0696 e. The number of hydrogen-bond acceptors (Lipinski definition) is 0. The Morgan fingerprint density at radius 1 is 0.667 bits per heavy atom. The molecule has 0 heterocycles. The molecule has 0 saturated carbocycles. The average molecular weight is 405 g/mol. The van der Waals surface area contributed by atoms with Crippen molar-refractivity contribution in [3.05, 3.63) is 82.0 Å². The van der Waals surface area contributed by atoms with Gasteiger partial charge in [-0.15, -0.1) is 0 Å². The normalized spacial score (nSPS) is 23.5. The number of rotatable bonds is 6. The van der Waals surface area contributed by atoms with Crippen molar-refractivity contribution in [2.75, 3.05) is 0 Å². The Balaban J connectivity index is 2.00. The summed E-state index contributed by atoms with van der Waals surface area (Å²) in [7, 11) is 0. The summed E-state index contributed by atoms with van der Waals surface area (Å²) in [5.74, 6) is 0. The van der Waals surface area contributed by atoms with Gasteiger partial charge in [-0.2, -0.15) is 0 Å². The molecule has 0 aliphatic heterocycles. The highest BCUT2D eigenvalue weighted by Crippen LogP contribution is 2.41. The van der Waals surface area contributed by atoms with Gasteiger partial charge in [0.15, 0.2) is 0 Å². The van der Waals surface area contributed by atoms with E-state index >= 15 is 0 Å². The van der Waals surface area contributed by atoms with Gasteiger partial charge in [0, 0.05) is 0 Å². The van der Waals surface area contributed by atoms with Crippen LogP contribution in [0.3, 0.4) is 0 Å². The summed E-state index contributed by atoms with van der Waals surface area (Å²) in [6.07, 6.45) is 25.7. The van der Waals surface area contributed by atoms with E-state index < -0.39 is 0 Å². The Labute approximate surface area is 186 Å². The van der Waals surface area contributed by atoms with Crippen molar-refractivity contribution in [2.24, 2.45) is 10.8 Å². The molecule has 0 nitrogen and oxygen atoms in total. The third-order valence-corrected chi connectivity index (χ3v) is 6.94. The molecule has 0 aromatic rings. The van der Waals surface area contributed by atoms with E-state index in [0.29, 0.717) is 10.8 Å². The lowest BCUT2D eigenvalue weighted by Crippen LogP contribution is -2.19. The van der Waals surface area contributed by atoms with E-state index in [4.69, 9.17) is 0 Å². The van der Waals surface area contributed by atoms with E-state index in [-0.39, 0.29) is 0 Å². The predicted octanol–water partition coefficient (Wildman–Crippen LogP) is 9.60. The maximum absolute atomic E-state index is 2.38. The fourth-order valence-electron chi connectivity index (χ4n) is 4.98. The van der Waals surface area contributed by atoms with E-state index in [1.54, 1.807) is 11.1 Å². The lowest BCUT2D eigenvalue weighted by molar-refractivity contribution is 0.376. The summed E-state index contributed by atoms with van der Waals surface area (Å²) in [6, 6.07) is 0. The first-order valence-electron chi connectivity index (χ1n) is 11.8. The summed E-state index contributed by atoms with van der Waals surface area (Å²) < 4.78 is 0. The molecule has 0 N–H and O–H groups in total. The molecule has 0 aromatic heterocycles. The molecule has 0 fully saturated rings. The molecule has 164 valence electrons. The summed E-state index contributed by atoms with van der Waals surface area (Å²) >= 11 is 0. The molecule has 0 saturated heterocycles. The second kappa shape index (κ2) is 10.5. The van der Waals surface area contributed by atoms with Crippen LogP contribution < -0.4 is 0 Å². The minimum absolute atomic E-state index is 0.307. The third kappa shape index (κ3) is 6.86. The van der Waals surface area contributed by atoms with Crippen LogP contribution in [-0.4, -0.2) is 0 Å². The van der Waals surface area contributed by atoms with E-state index in [0.717, 1.165) is 0 Å². The van der Waals surface area contributed by atoms with Crippen molar-refractivity contribution in [3.63, 3.8) is 0 Å². The first-order chi connectivity index (χ1) is 14.0. The Morgan fingerprint density at radius 3 is 1.37 bits per heavy atom. The van der Waals surface area contributed by atoms with Crippen LogP contribution in [-0.2, 0) is 0 Å². The van der Waals surface area contributed by atoms with Crippen LogP contribution in [0.4, 0.5) is 0 Å². The topological polar surface area (TPSA) is 0 Å². The summed E-state index contributed by atoms with van der Waals surface area (Å²) in [5.41, 5.74) is 9.37. The minimum atomic E-state index is 0.307. The summed E-state index contributed by atoms with van der Waals surface area (Å²) in [5, 5.41) is 0. The molecule has 0 bridgehead atoms. The van der Waals surface area contributed by atoms with Gasteiger partial charge in [0.05, 0.1) is 0 Å². The van der Waals surface area contributed by atoms with Crippen molar-refractivity contribution in [1.29, 1.82) is 0 Å². The lowest BCUT2D eigenvalue weighted by Gasteiger charge is -2.33. The van der Waals surface area contributed by atoms with Crippen molar-refractivity contribution < 1.29 is 0 Å². The fourth-order valence-corrected chi connectivity index (χ4v) is 4.98. The predicted molar refractivity (Wildman–Crippen MR) is 136 cm³/mol. The van der Waals surface area contributed by atoms with Crippen molar-refractivity contribution in [1.82, 2.24) is 0 Å². The average Bonchev–Trinajstić information content (AvgIpc) is 2.63. The zero-order valence-corrected chi connectivity index (χ0v) is 20.9.